The summed E-state index contributed by atoms with van der Waals surface area (Å²) < 4.78 is 0. The number of amides is 1. The Labute approximate surface area is 97.8 Å². The molecular weight excluding hydrogens is 202 g/mol. The van der Waals surface area contributed by atoms with E-state index in [4.69, 9.17) is 0 Å². The molecule has 1 aliphatic carbocycles. The lowest BCUT2D eigenvalue weighted by Gasteiger charge is -2.31. The molecule has 0 aromatic rings. The fourth-order valence-electron chi connectivity index (χ4n) is 2.24. The average molecular weight is 225 g/mol. The third kappa shape index (κ3) is 3.76. The van der Waals surface area contributed by atoms with Crippen molar-refractivity contribution in [3.05, 3.63) is 0 Å². The van der Waals surface area contributed by atoms with Gasteiger partial charge in [0.05, 0.1) is 0 Å². The van der Waals surface area contributed by atoms with Gasteiger partial charge in [0.1, 0.15) is 0 Å². The highest BCUT2D eigenvalue weighted by molar-refractivity contribution is 5.76. The van der Waals surface area contributed by atoms with Gasteiger partial charge >= 0.3 is 0 Å². The maximum absolute atomic E-state index is 11.5. The van der Waals surface area contributed by atoms with Gasteiger partial charge in [-0.05, 0) is 45.8 Å². The summed E-state index contributed by atoms with van der Waals surface area (Å²) in [6.45, 7) is 3.12. The largest absolute Gasteiger partial charge is 0.353 e. The van der Waals surface area contributed by atoms with E-state index in [-0.39, 0.29) is 5.91 Å². The quantitative estimate of drug-likeness (QED) is 0.709. The Hall–Kier alpha value is -0.610. The monoisotopic (exact) mass is 225 g/mol. The molecule has 0 radical (unpaired) electrons. The van der Waals surface area contributed by atoms with Gasteiger partial charge < -0.3 is 15.5 Å². The smallest absolute Gasteiger partial charge is 0.221 e. The third-order valence-corrected chi connectivity index (χ3v) is 3.57. The molecule has 92 valence electrons. The predicted octanol–water partition coefficient (Wildman–Crippen LogP) is 0.339. The Morgan fingerprint density at radius 3 is 2.62 bits per heavy atom. The molecule has 0 aromatic heterocycles. The van der Waals surface area contributed by atoms with E-state index in [0.29, 0.717) is 18.5 Å². The normalized spacial score (nSPS) is 22.4. The first-order valence-corrected chi connectivity index (χ1v) is 6.46. The molecular formula is C12H23N3O. The second-order valence-corrected chi connectivity index (χ2v) is 5.05. The Morgan fingerprint density at radius 1 is 1.31 bits per heavy atom. The second-order valence-electron chi connectivity index (χ2n) is 5.05. The van der Waals surface area contributed by atoms with Crippen LogP contribution in [0.5, 0.6) is 0 Å². The Balaban J connectivity index is 1.61. The van der Waals surface area contributed by atoms with E-state index in [1.165, 1.54) is 25.7 Å². The zero-order valence-electron chi connectivity index (χ0n) is 10.2. The summed E-state index contributed by atoms with van der Waals surface area (Å²) in [7, 11) is 2.14. The van der Waals surface area contributed by atoms with Gasteiger partial charge in [-0.15, -0.1) is 0 Å². The highest BCUT2D eigenvalue weighted by Crippen LogP contribution is 2.18. The number of carbonyl (C=O) groups excluding carboxylic acids is 1. The Morgan fingerprint density at radius 2 is 2.00 bits per heavy atom. The molecule has 0 unspecified atom stereocenters. The number of nitrogens with zero attached hydrogens (tertiary/aromatic N) is 1. The van der Waals surface area contributed by atoms with Gasteiger partial charge in [0, 0.05) is 25.0 Å². The van der Waals surface area contributed by atoms with Crippen molar-refractivity contribution in [2.45, 2.75) is 44.2 Å². The molecule has 2 aliphatic rings. The summed E-state index contributed by atoms with van der Waals surface area (Å²) in [6, 6.07) is 1.16. The van der Waals surface area contributed by atoms with Gasteiger partial charge in [-0.1, -0.05) is 0 Å². The van der Waals surface area contributed by atoms with E-state index in [1.54, 1.807) is 0 Å². The van der Waals surface area contributed by atoms with Crippen molar-refractivity contribution in [3.63, 3.8) is 0 Å². The van der Waals surface area contributed by atoms with Gasteiger partial charge in [-0.25, -0.2) is 0 Å². The lowest BCUT2D eigenvalue weighted by atomic mass is 10.1. The van der Waals surface area contributed by atoms with Crippen LogP contribution in [-0.4, -0.2) is 49.6 Å². The van der Waals surface area contributed by atoms with E-state index in [2.05, 4.69) is 22.6 Å². The molecule has 0 aromatic carbocycles. The van der Waals surface area contributed by atoms with Crippen molar-refractivity contribution in [3.8, 4) is 0 Å². The highest BCUT2D eigenvalue weighted by atomic mass is 16.1. The number of piperidine rings is 1. The first-order chi connectivity index (χ1) is 7.75. The molecule has 1 amide bonds. The zero-order chi connectivity index (χ0) is 11.4. The molecule has 1 saturated heterocycles. The van der Waals surface area contributed by atoms with Gasteiger partial charge in [0.2, 0.25) is 5.91 Å². The molecule has 1 saturated carbocycles. The van der Waals surface area contributed by atoms with Crippen molar-refractivity contribution < 1.29 is 4.79 Å². The molecule has 1 aliphatic heterocycles. The van der Waals surface area contributed by atoms with Crippen molar-refractivity contribution in [2.24, 2.45) is 0 Å². The number of nitrogens with one attached hydrogen (secondary N) is 2. The standard InChI is InChI=1S/C12H23N3O/c1-15(11-4-7-13-8-5-11)9-6-12(16)14-10-2-3-10/h10-11,13H,2-9H2,1H3,(H,14,16). The Bertz CT molecular complexity index is 234. The number of hydrogen-bond donors (Lipinski definition) is 2. The average Bonchev–Trinajstić information content (AvgIpc) is 3.11. The van der Waals surface area contributed by atoms with Crippen LogP contribution in [0.4, 0.5) is 0 Å². The number of rotatable bonds is 5. The SMILES string of the molecule is CN(CCC(=O)NC1CC1)C1CCNCC1. The molecule has 0 spiro atoms. The second kappa shape index (κ2) is 5.64. The first kappa shape index (κ1) is 11.9. The van der Waals surface area contributed by atoms with Crippen molar-refractivity contribution in [1.29, 1.82) is 0 Å². The third-order valence-electron chi connectivity index (χ3n) is 3.57. The minimum Gasteiger partial charge on any atom is -0.353 e. The fourth-order valence-corrected chi connectivity index (χ4v) is 2.24. The Kier molecular flexibility index (Phi) is 4.18. The van der Waals surface area contributed by atoms with Crippen molar-refractivity contribution in [2.75, 3.05) is 26.7 Å². The summed E-state index contributed by atoms with van der Waals surface area (Å²) in [4.78, 5) is 13.9. The summed E-state index contributed by atoms with van der Waals surface area (Å²) in [5, 5.41) is 6.40. The summed E-state index contributed by atoms with van der Waals surface area (Å²) >= 11 is 0. The first-order valence-electron chi connectivity index (χ1n) is 6.46. The number of carbonyl (C=O) groups is 1. The lowest BCUT2D eigenvalue weighted by molar-refractivity contribution is -0.121. The van der Waals surface area contributed by atoms with Gasteiger partial charge in [-0.3, -0.25) is 4.79 Å². The van der Waals surface area contributed by atoms with Crippen LogP contribution in [0.2, 0.25) is 0 Å². The molecule has 2 rings (SSSR count). The van der Waals surface area contributed by atoms with E-state index in [9.17, 15) is 4.79 Å². The minimum atomic E-state index is 0.225. The van der Waals surface area contributed by atoms with Crippen LogP contribution in [0.1, 0.15) is 32.1 Å². The summed E-state index contributed by atoms with van der Waals surface area (Å²) in [5.74, 6) is 0.225. The predicted molar refractivity (Wildman–Crippen MR) is 64.3 cm³/mol. The fraction of sp³-hybridized carbons (Fsp3) is 0.917. The van der Waals surface area contributed by atoms with E-state index in [0.717, 1.165) is 19.6 Å². The molecule has 1 heterocycles. The van der Waals surface area contributed by atoms with Gasteiger partial charge in [0.25, 0.3) is 0 Å². The van der Waals surface area contributed by atoms with Crippen molar-refractivity contribution in [1.82, 2.24) is 15.5 Å². The number of hydrogen-bond acceptors (Lipinski definition) is 3. The van der Waals surface area contributed by atoms with Gasteiger partial charge in [-0.2, -0.15) is 0 Å². The van der Waals surface area contributed by atoms with Crippen LogP contribution < -0.4 is 10.6 Å². The van der Waals surface area contributed by atoms with Crippen molar-refractivity contribution >= 4 is 5.91 Å². The highest BCUT2D eigenvalue weighted by Gasteiger charge is 2.23. The molecule has 2 N–H and O–H groups in total. The lowest BCUT2D eigenvalue weighted by Crippen LogP contribution is -2.42. The topological polar surface area (TPSA) is 44.4 Å². The molecule has 4 heteroatoms. The van der Waals surface area contributed by atoms with Crippen LogP contribution in [0, 0.1) is 0 Å². The van der Waals surface area contributed by atoms with Crippen LogP contribution in [0.3, 0.4) is 0 Å². The molecule has 0 atom stereocenters. The van der Waals surface area contributed by atoms with Crippen LogP contribution in [0.25, 0.3) is 0 Å². The van der Waals surface area contributed by atoms with E-state index in [1.807, 2.05) is 0 Å². The van der Waals surface area contributed by atoms with Crippen LogP contribution in [-0.2, 0) is 4.79 Å². The molecule has 0 bridgehead atoms. The van der Waals surface area contributed by atoms with Crippen LogP contribution >= 0.6 is 0 Å². The minimum absolute atomic E-state index is 0.225. The van der Waals surface area contributed by atoms with Gasteiger partial charge in [0.15, 0.2) is 0 Å². The van der Waals surface area contributed by atoms with E-state index < -0.39 is 0 Å². The molecule has 4 nitrogen and oxygen atoms in total. The summed E-state index contributed by atoms with van der Waals surface area (Å²) in [5.41, 5.74) is 0. The molecule has 2 fully saturated rings. The molecule has 16 heavy (non-hydrogen) atoms. The summed E-state index contributed by atoms with van der Waals surface area (Å²) in [6.07, 6.45) is 5.42. The maximum atomic E-state index is 11.5. The van der Waals surface area contributed by atoms with E-state index >= 15 is 0 Å². The maximum Gasteiger partial charge on any atom is 0.221 e. The van der Waals surface area contributed by atoms with Crippen LogP contribution in [0.15, 0.2) is 0 Å². The zero-order valence-corrected chi connectivity index (χ0v) is 10.2.